The van der Waals surface area contributed by atoms with Gasteiger partial charge in [0.2, 0.25) is 11.8 Å². The van der Waals surface area contributed by atoms with Gasteiger partial charge >= 0.3 is 0 Å². The van der Waals surface area contributed by atoms with Gasteiger partial charge in [0, 0.05) is 44.1 Å². The van der Waals surface area contributed by atoms with Gasteiger partial charge in [-0.15, -0.1) is 0 Å². The summed E-state index contributed by atoms with van der Waals surface area (Å²) in [6, 6.07) is 7.35. The predicted molar refractivity (Wildman–Crippen MR) is 124 cm³/mol. The molecule has 2 amide bonds. The Labute approximate surface area is 194 Å². The number of pyridine rings is 2. The van der Waals surface area contributed by atoms with E-state index < -0.39 is 6.04 Å². The number of fused-ring (bicyclic) bond motifs is 1. The third-order valence-corrected chi connectivity index (χ3v) is 6.31. The van der Waals surface area contributed by atoms with Crippen LogP contribution in [0.4, 0.5) is 5.82 Å². The summed E-state index contributed by atoms with van der Waals surface area (Å²) in [6.07, 6.45) is 7.15. The first-order valence-electron chi connectivity index (χ1n) is 11.7. The molecule has 1 fully saturated rings. The molecule has 2 unspecified atom stereocenters. The van der Waals surface area contributed by atoms with Gasteiger partial charge in [0.15, 0.2) is 0 Å². The number of aromatic nitrogens is 2. The summed E-state index contributed by atoms with van der Waals surface area (Å²) in [7, 11) is 0. The Morgan fingerprint density at radius 1 is 1.27 bits per heavy atom. The Balaban J connectivity index is 1.29. The van der Waals surface area contributed by atoms with Crippen LogP contribution in [-0.4, -0.2) is 52.1 Å². The number of carbonyl (C=O) groups is 3. The number of amides is 2. The third kappa shape index (κ3) is 6.15. The molecule has 2 aromatic rings. The van der Waals surface area contributed by atoms with Crippen LogP contribution in [0.1, 0.15) is 55.5 Å². The maximum absolute atomic E-state index is 12.7. The van der Waals surface area contributed by atoms with E-state index in [1.54, 1.807) is 23.4 Å². The normalized spacial score (nSPS) is 18.2. The van der Waals surface area contributed by atoms with Crippen molar-refractivity contribution in [3.8, 4) is 0 Å². The molecule has 2 N–H and O–H groups in total. The zero-order valence-electron chi connectivity index (χ0n) is 19.0. The number of aryl methyl sites for hydroxylation is 1. The number of ketones is 1. The van der Waals surface area contributed by atoms with Crippen molar-refractivity contribution in [1.29, 1.82) is 0 Å². The summed E-state index contributed by atoms with van der Waals surface area (Å²) in [5.74, 6) is 0.745. The summed E-state index contributed by atoms with van der Waals surface area (Å²) in [6.45, 7) is 3.74. The van der Waals surface area contributed by atoms with Crippen molar-refractivity contribution in [3.63, 3.8) is 0 Å². The highest BCUT2D eigenvalue weighted by atomic mass is 16.2. The number of nitrogens with zero attached hydrogens (tertiary/aromatic N) is 3. The van der Waals surface area contributed by atoms with Crippen LogP contribution >= 0.6 is 0 Å². The minimum Gasteiger partial charge on any atom is -0.370 e. The van der Waals surface area contributed by atoms with E-state index in [2.05, 4.69) is 27.8 Å². The van der Waals surface area contributed by atoms with E-state index in [0.29, 0.717) is 19.0 Å². The van der Waals surface area contributed by atoms with Crippen LogP contribution in [-0.2, 0) is 27.2 Å². The van der Waals surface area contributed by atoms with Crippen molar-refractivity contribution in [1.82, 2.24) is 20.2 Å². The number of rotatable bonds is 8. The van der Waals surface area contributed by atoms with Gasteiger partial charge in [-0.25, -0.2) is 4.98 Å². The number of anilines is 1. The van der Waals surface area contributed by atoms with Crippen molar-refractivity contribution in [2.75, 3.05) is 25.0 Å². The van der Waals surface area contributed by atoms with Crippen LogP contribution in [0.3, 0.4) is 0 Å². The van der Waals surface area contributed by atoms with Gasteiger partial charge in [-0.2, -0.15) is 0 Å². The molecule has 0 aromatic carbocycles. The standard InChI is InChI=1S/C25H31N5O3/c1-17(31)12-22(20-5-2-9-26-15-20)29-23(32)14-24(33)30-11-8-18(16-30)13-21-7-6-19-4-3-10-27-25(19)28-21/h2,5-7,9,15,18,22H,3-4,8,10-14,16H2,1H3,(H,27,28)(H,29,32). The van der Waals surface area contributed by atoms with Crippen LogP contribution in [0.25, 0.3) is 0 Å². The Bertz CT molecular complexity index is 1010. The molecular weight excluding hydrogens is 418 g/mol. The highest BCUT2D eigenvalue weighted by molar-refractivity contribution is 5.97. The number of hydrogen-bond acceptors (Lipinski definition) is 6. The molecule has 2 aliphatic rings. The molecule has 8 nitrogen and oxygen atoms in total. The van der Waals surface area contributed by atoms with E-state index in [1.165, 1.54) is 12.5 Å². The molecule has 2 aromatic heterocycles. The lowest BCUT2D eigenvalue weighted by molar-refractivity contribution is -0.135. The van der Waals surface area contributed by atoms with E-state index >= 15 is 0 Å². The molecule has 0 saturated carbocycles. The first-order valence-corrected chi connectivity index (χ1v) is 11.7. The van der Waals surface area contributed by atoms with Crippen molar-refractivity contribution < 1.29 is 14.4 Å². The summed E-state index contributed by atoms with van der Waals surface area (Å²) >= 11 is 0. The van der Waals surface area contributed by atoms with E-state index in [1.807, 2.05) is 6.07 Å². The lowest BCUT2D eigenvalue weighted by atomic mass is 10.0. The SMILES string of the molecule is CC(=O)CC(NC(=O)CC(=O)N1CCC(Cc2ccc3c(n2)NCCC3)C1)c1cccnc1. The molecule has 4 heterocycles. The quantitative estimate of drug-likeness (QED) is 0.600. The average Bonchev–Trinajstić information content (AvgIpc) is 3.27. The molecule has 0 spiro atoms. The van der Waals surface area contributed by atoms with Crippen LogP contribution in [0, 0.1) is 5.92 Å². The van der Waals surface area contributed by atoms with E-state index in [9.17, 15) is 14.4 Å². The second-order valence-electron chi connectivity index (χ2n) is 9.03. The molecule has 174 valence electrons. The number of hydrogen-bond donors (Lipinski definition) is 2. The fourth-order valence-corrected chi connectivity index (χ4v) is 4.62. The van der Waals surface area contributed by atoms with Crippen LogP contribution in [0.15, 0.2) is 36.7 Å². The molecule has 33 heavy (non-hydrogen) atoms. The molecule has 0 bridgehead atoms. The Morgan fingerprint density at radius 3 is 2.94 bits per heavy atom. The Hall–Kier alpha value is -3.29. The minimum absolute atomic E-state index is 0.0381. The zero-order valence-corrected chi connectivity index (χ0v) is 19.0. The summed E-state index contributed by atoms with van der Waals surface area (Å²) in [5, 5.41) is 6.21. The maximum atomic E-state index is 12.7. The van der Waals surface area contributed by atoms with Crippen molar-refractivity contribution in [2.45, 2.75) is 51.5 Å². The van der Waals surface area contributed by atoms with Crippen molar-refractivity contribution >= 4 is 23.4 Å². The fraction of sp³-hybridized carbons (Fsp3) is 0.480. The zero-order chi connectivity index (χ0) is 23.2. The number of carbonyl (C=O) groups excluding carboxylic acids is 3. The molecule has 0 radical (unpaired) electrons. The second-order valence-corrected chi connectivity index (χ2v) is 9.03. The van der Waals surface area contributed by atoms with Gasteiger partial charge in [0.1, 0.15) is 18.0 Å². The van der Waals surface area contributed by atoms with Crippen LogP contribution in [0.2, 0.25) is 0 Å². The maximum Gasteiger partial charge on any atom is 0.232 e. The number of nitrogens with one attached hydrogen (secondary N) is 2. The molecule has 4 rings (SSSR count). The molecular formula is C25H31N5O3. The highest BCUT2D eigenvalue weighted by Gasteiger charge is 2.28. The van der Waals surface area contributed by atoms with E-state index in [0.717, 1.165) is 49.3 Å². The van der Waals surface area contributed by atoms with Gasteiger partial charge < -0.3 is 15.5 Å². The Kier molecular flexibility index (Phi) is 7.32. The smallest absolute Gasteiger partial charge is 0.232 e. The fourth-order valence-electron chi connectivity index (χ4n) is 4.62. The lowest BCUT2D eigenvalue weighted by Crippen LogP contribution is -2.36. The van der Waals surface area contributed by atoms with Crippen LogP contribution in [0.5, 0.6) is 0 Å². The lowest BCUT2D eigenvalue weighted by Gasteiger charge is -2.20. The molecule has 8 heteroatoms. The van der Waals surface area contributed by atoms with Gasteiger partial charge in [-0.1, -0.05) is 12.1 Å². The molecule has 1 saturated heterocycles. The second kappa shape index (κ2) is 10.6. The van der Waals surface area contributed by atoms with Gasteiger partial charge in [0.25, 0.3) is 0 Å². The highest BCUT2D eigenvalue weighted by Crippen LogP contribution is 2.24. The molecule has 2 atom stereocenters. The average molecular weight is 450 g/mol. The van der Waals surface area contributed by atoms with Gasteiger partial charge in [0.05, 0.1) is 6.04 Å². The Morgan fingerprint density at radius 2 is 2.15 bits per heavy atom. The molecule has 0 aliphatic carbocycles. The third-order valence-electron chi connectivity index (χ3n) is 6.31. The summed E-state index contributed by atoms with van der Waals surface area (Å²) in [4.78, 5) is 47.6. The first-order chi connectivity index (χ1) is 16.0. The topological polar surface area (TPSA) is 104 Å². The van der Waals surface area contributed by atoms with Crippen molar-refractivity contribution in [2.24, 2.45) is 5.92 Å². The first kappa shape index (κ1) is 22.9. The number of Topliss-reactive ketones (excluding diaryl/α,β-unsaturated/α-hetero) is 1. The van der Waals surface area contributed by atoms with Gasteiger partial charge in [-0.3, -0.25) is 19.4 Å². The monoisotopic (exact) mass is 449 g/mol. The summed E-state index contributed by atoms with van der Waals surface area (Å²) in [5.41, 5.74) is 3.07. The number of likely N-dealkylation sites (tertiary alicyclic amines) is 1. The van der Waals surface area contributed by atoms with Gasteiger partial charge in [-0.05, 0) is 61.8 Å². The predicted octanol–water partition coefficient (Wildman–Crippen LogP) is 2.45. The molecule has 2 aliphatic heterocycles. The van der Waals surface area contributed by atoms with Crippen molar-refractivity contribution in [3.05, 3.63) is 53.5 Å². The summed E-state index contributed by atoms with van der Waals surface area (Å²) < 4.78 is 0. The largest absolute Gasteiger partial charge is 0.370 e. The van der Waals surface area contributed by atoms with E-state index in [4.69, 9.17) is 4.98 Å². The van der Waals surface area contributed by atoms with E-state index in [-0.39, 0.29) is 30.4 Å². The minimum atomic E-state index is -0.480. The van der Waals surface area contributed by atoms with Crippen LogP contribution < -0.4 is 10.6 Å².